The van der Waals surface area contributed by atoms with Crippen molar-refractivity contribution in [3.63, 3.8) is 0 Å². The van der Waals surface area contributed by atoms with Gasteiger partial charge in [0, 0.05) is 51.7 Å². The van der Waals surface area contributed by atoms with E-state index >= 15 is 0 Å². The van der Waals surface area contributed by atoms with Gasteiger partial charge in [0.05, 0.1) is 0 Å². The first kappa shape index (κ1) is 19.9. The summed E-state index contributed by atoms with van der Waals surface area (Å²) >= 11 is 0. The topological polar surface area (TPSA) is 48.5 Å². The van der Waals surface area contributed by atoms with Crippen molar-refractivity contribution >= 4 is 23.5 Å². The van der Waals surface area contributed by atoms with Crippen molar-refractivity contribution in [1.29, 1.82) is 0 Å². The van der Waals surface area contributed by atoms with Crippen molar-refractivity contribution in [2.24, 2.45) is 0 Å². The first-order valence-corrected chi connectivity index (χ1v) is 10.0. The minimum atomic E-state index is -0.103. The van der Waals surface area contributed by atoms with Crippen LogP contribution >= 0.6 is 0 Å². The second kappa shape index (κ2) is 9.93. The van der Waals surface area contributed by atoms with Crippen LogP contribution in [0.3, 0.4) is 0 Å². The quantitative estimate of drug-likeness (QED) is 0.776. The molecule has 0 spiro atoms. The molecule has 2 aromatic rings. The molecule has 2 heterocycles. The Morgan fingerprint density at radius 1 is 1.07 bits per heavy atom. The smallest absolute Gasteiger partial charge is 0.244 e. The van der Waals surface area contributed by atoms with E-state index in [1.165, 1.54) is 25.7 Å². The molecule has 1 saturated heterocycles. The molecule has 3 rings (SSSR count). The number of benzene rings is 1. The zero-order valence-electron chi connectivity index (χ0n) is 16.9. The average molecular weight is 379 g/mol. The molecule has 5 nitrogen and oxygen atoms in total. The maximum Gasteiger partial charge on any atom is 0.244 e. The van der Waals surface area contributed by atoms with Crippen molar-refractivity contribution in [3.05, 3.63) is 59.8 Å². The third-order valence-electron chi connectivity index (χ3n) is 5.04. The largest absolute Gasteiger partial charge is 0.378 e. The van der Waals surface area contributed by atoms with Gasteiger partial charge in [-0.15, -0.1) is 0 Å². The molecule has 1 aliphatic heterocycles. The maximum atomic E-state index is 12.1. The monoisotopic (exact) mass is 378 g/mol. The Balaban J connectivity index is 1.48. The molecule has 0 saturated carbocycles. The van der Waals surface area contributed by atoms with Crippen molar-refractivity contribution in [3.8, 4) is 0 Å². The Morgan fingerprint density at radius 2 is 1.79 bits per heavy atom. The number of anilines is 2. The van der Waals surface area contributed by atoms with E-state index in [4.69, 9.17) is 0 Å². The number of aromatic nitrogens is 1. The number of hydrogen-bond acceptors (Lipinski definition) is 4. The van der Waals surface area contributed by atoms with Crippen LogP contribution in [0.4, 0.5) is 11.5 Å². The van der Waals surface area contributed by atoms with Crippen LogP contribution in [0.1, 0.15) is 36.8 Å². The summed E-state index contributed by atoms with van der Waals surface area (Å²) in [5, 5.41) is 2.92. The van der Waals surface area contributed by atoms with E-state index < -0.39 is 0 Å². The molecular weight excluding hydrogens is 348 g/mol. The lowest BCUT2D eigenvalue weighted by Crippen LogP contribution is -2.25. The predicted molar refractivity (Wildman–Crippen MR) is 117 cm³/mol. The number of nitrogens with zero attached hydrogens (tertiary/aromatic N) is 3. The molecule has 0 radical (unpaired) electrons. The number of nitrogens with one attached hydrogen (secondary N) is 1. The molecule has 0 bridgehead atoms. The highest BCUT2D eigenvalue weighted by Gasteiger charge is 2.10. The molecule has 1 N–H and O–H groups in total. The lowest BCUT2D eigenvalue weighted by Gasteiger charge is -2.21. The highest BCUT2D eigenvalue weighted by molar-refractivity contribution is 5.91. The Morgan fingerprint density at radius 3 is 2.39 bits per heavy atom. The molecular formula is C23H30N4O. The molecule has 0 aliphatic carbocycles. The molecule has 1 amide bonds. The zero-order valence-corrected chi connectivity index (χ0v) is 16.9. The molecule has 1 aromatic heterocycles. The number of rotatable bonds is 6. The third kappa shape index (κ3) is 5.84. The van der Waals surface area contributed by atoms with Gasteiger partial charge in [-0.3, -0.25) is 4.79 Å². The minimum absolute atomic E-state index is 0.103. The molecule has 1 fully saturated rings. The van der Waals surface area contributed by atoms with Crippen molar-refractivity contribution in [1.82, 2.24) is 10.3 Å². The second-order valence-electron chi connectivity index (χ2n) is 7.46. The van der Waals surface area contributed by atoms with Crippen LogP contribution in [0, 0.1) is 0 Å². The summed E-state index contributed by atoms with van der Waals surface area (Å²) in [6.45, 7) is 2.66. The fourth-order valence-corrected chi connectivity index (χ4v) is 3.31. The van der Waals surface area contributed by atoms with Gasteiger partial charge in [-0.2, -0.15) is 0 Å². The van der Waals surface area contributed by atoms with Crippen LogP contribution in [-0.2, 0) is 11.3 Å². The van der Waals surface area contributed by atoms with Crippen molar-refractivity contribution < 1.29 is 4.79 Å². The molecule has 5 heteroatoms. The molecule has 0 atom stereocenters. The average Bonchev–Trinajstić information content (AvgIpc) is 3.01. The first-order valence-electron chi connectivity index (χ1n) is 10.0. The van der Waals surface area contributed by atoms with Crippen LogP contribution in [0.25, 0.3) is 6.08 Å². The Labute approximate surface area is 168 Å². The van der Waals surface area contributed by atoms with Gasteiger partial charge in [0.2, 0.25) is 5.91 Å². The summed E-state index contributed by atoms with van der Waals surface area (Å²) in [5.74, 6) is 0.936. The zero-order chi connectivity index (χ0) is 19.8. The summed E-state index contributed by atoms with van der Waals surface area (Å²) in [6, 6.07) is 12.2. The first-order chi connectivity index (χ1) is 13.6. The minimum Gasteiger partial charge on any atom is -0.378 e. The van der Waals surface area contributed by atoms with Gasteiger partial charge in [0.25, 0.3) is 0 Å². The van der Waals surface area contributed by atoms with E-state index in [0.717, 1.165) is 35.7 Å². The predicted octanol–water partition coefficient (Wildman–Crippen LogP) is 3.86. The summed E-state index contributed by atoms with van der Waals surface area (Å²) in [6.07, 6.45) is 10.4. The number of amides is 1. The lowest BCUT2D eigenvalue weighted by atomic mass is 10.2. The van der Waals surface area contributed by atoms with E-state index in [0.29, 0.717) is 6.54 Å². The van der Waals surface area contributed by atoms with Gasteiger partial charge in [-0.05, 0) is 48.2 Å². The van der Waals surface area contributed by atoms with E-state index in [-0.39, 0.29) is 5.91 Å². The highest BCUT2D eigenvalue weighted by atomic mass is 16.1. The number of carbonyl (C=O) groups is 1. The van der Waals surface area contributed by atoms with Gasteiger partial charge in [0.15, 0.2) is 0 Å². The van der Waals surface area contributed by atoms with E-state index in [1.807, 2.05) is 55.5 Å². The van der Waals surface area contributed by atoms with Crippen LogP contribution in [0.15, 0.2) is 48.7 Å². The Bertz CT molecular complexity index is 773. The van der Waals surface area contributed by atoms with Crippen LogP contribution in [-0.4, -0.2) is 38.1 Å². The maximum absolute atomic E-state index is 12.1. The molecule has 1 aliphatic rings. The van der Waals surface area contributed by atoms with Gasteiger partial charge >= 0.3 is 0 Å². The molecule has 0 unspecified atom stereocenters. The van der Waals surface area contributed by atoms with Crippen LogP contribution in [0.2, 0.25) is 0 Å². The Kier molecular flexibility index (Phi) is 7.06. The fourth-order valence-electron chi connectivity index (χ4n) is 3.31. The molecule has 28 heavy (non-hydrogen) atoms. The highest BCUT2D eigenvalue weighted by Crippen LogP contribution is 2.17. The van der Waals surface area contributed by atoms with Crippen molar-refractivity contribution in [2.45, 2.75) is 32.2 Å². The van der Waals surface area contributed by atoms with E-state index in [1.54, 1.807) is 6.08 Å². The fraction of sp³-hybridized carbons (Fsp3) is 0.391. The molecule has 1 aromatic carbocycles. The van der Waals surface area contributed by atoms with E-state index in [2.05, 4.69) is 27.3 Å². The summed E-state index contributed by atoms with van der Waals surface area (Å²) in [5.41, 5.74) is 3.15. The van der Waals surface area contributed by atoms with Gasteiger partial charge in [0.1, 0.15) is 5.82 Å². The summed E-state index contributed by atoms with van der Waals surface area (Å²) < 4.78 is 0. The van der Waals surface area contributed by atoms with Crippen molar-refractivity contribution in [2.75, 3.05) is 37.0 Å². The van der Waals surface area contributed by atoms with Crippen LogP contribution in [0.5, 0.6) is 0 Å². The van der Waals surface area contributed by atoms with Gasteiger partial charge in [-0.25, -0.2) is 4.98 Å². The number of hydrogen-bond donors (Lipinski definition) is 1. The number of pyridine rings is 1. The Hall–Kier alpha value is -2.82. The van der Waals surface area contributed by atoms with Gasteiger partial charge in [-0.1, -0.05) is 31.0 Å². The second-order valence-corrected chi connectivity index (χ2v) is 7.46. The van der Waals surface area contributed by atoms with Crippen LogP contribution < -0.4 is 15.1 Å². The summed E-state index contributed by atoms with van der Waals surface area (Å²) in [7, 11) is 4.02. The van der Waals surface area contributed by atoms with E-state index in [9.17, 15) is 4.79 Å². The standard InChI is InChI=1S/C23H30N4O/c1-26(2)21-11-7-19(8-12-21)10-14-23(28)25-18-20-9-13-22(24-17-20)27-15-5-3-4-6-16-27/h7-14,17H,3-6,15-16,18H2,1-2H3,(H,25,28)/b14-10+. The SMILES string of the molecule is CN(C)c1ccc(/C=C/C(=O)NCc2ccc(N3CCCCCC3)nc2)cc1. The normalized spacial score (nSPS) is 14.7. The summed E-state index contributed by atoms with van der Waals surface area (Å²) in [4.78, 5) is 21.1. The number of carbonyl (C=O) groups excluding carboxylic acids is 1. The lowest BCUT2D eigenvalue weighted by molar-refractivity contribution is -0.116. The van der Waals surface area contributed by atoms with Gasteiger partial charge < -0.3 is 15.1 Å². The molecule has 148 valence electrons. The third-order valence-corrected chi connectivity index (χ3v) is 5.04.